The molecule has 1 aliphatic heterocycles. The molecule has 1 aromatic heterocycles. The minimum Gasteiger partial charge on any atom is -0.489 e. The number of aryl methyl sites for hydroxylation is 1. The third kappa shape index (κ3) is 4.72. The van der Waals surface area contributed by atoms with Gasteiger partial charge in [0.2, 0.25) is 5.91 Å². The summed E-state index contributed by atoms with van der Waals surface area (Å²) in [4.78, 5) is 32.9. The van der Waals surface area contributed by atoms with E-state index in [4.69, 9.17) is 4.74 Å². The van der Waals surface area contributed by atoms with E-state index in [0.717, 1.165) is 11.1 Å². The summed E-state index contributed by atoms with van der Waals surface area (Å²) in [6.45, 7) is 6.06. The maximum Gasteiger partial charge on any atom is 0.257 e. The topological polar surface area (TPSA) is 84.1 Å². The predicted octanol–water partition coefficient (Wildman–Crippen LogP) is 4.41. The Morgan fingerprint density at radius 1 is 1.23 bits per heavy atom. The standard InChI is InChI=1S/C24H23N3O3S/c1-3-11-30-19-10-5-4-9-17(19)18-13-20(28)25-22-21(18)23(29)27-24(26-22)31-14-16-8-6-7-15(2)12-16/h3-10,12,18H,1,11,13-14H2,2H3,(H2,25,26,27,28,29). The average Bonchev–Trinajstić information content (AvgIpc) is 2.75. The van der Waals surface area contributed by atoms with E-state index in [-0.39, 0.29) is 17.9 Å². The number of hydrogen-bond acceptors (Lipinski definition) is 5. The molecular formula is C24H23N3O3S. The van der Waals surface area contributed by atoms with Crippen molar-refractivity contribution < 1.29 is 9.53 Å². The number of rotatable bonds is 7. The number of benzene rings is 2. The number of nitrogens with one attached hydrogen (secondary N) is 2. The second kappa shape index (κ2) is 9.22. The molecule has 2 heterocycles. The van der Waals surface area contributed by atoms with Gasteiger partial charge in [0.1, 0.15) is 18.2 Å². The number of hydrogen-bond donors (Lipinski definition) is 2. The van der Waals surface area contributed by atoms with E-state index in [9.17, 15) is 9.59 Å². The van der Waals surface area contributed by atoms with Gasteiger partial charge in [-0.25, -0.2) is 4.98 Å². The molecule has 0 spiro atoms. The molecule has 1 atom stereocenters. The highest BCUT2D eigenvalue weighted by Crippen LogP contribution is 2.38. The van der Waals surface area contributed by atoms with Crippen LogP contribution in [-0.4, -0.2) is 22.5 Å². The lowest BCUT2D eigenvalue weighted by atomic mass is 9.86. The third-order valence-corrected chi connectivity index (χ3v) is 5.98. The summed E-state index contributed by atoms with van der Waals surface area (Å²) in [6.07, 6.45) is 1.81. The van der Waals surface area contributed by atoms with E-state index < -0.39 is 5.92 Å². The van der Waals surface area contributed by atoms with Crippen molar-refractivity contribution in [3.8, 4) is 5.75 Å². The number of fused-ring (bicyclic) bond motifs is 1. The Hall–Kier alpha value is -3.32. The van der Waals surface area contributed by atoms with Crippen LogP contribution in [0.15, 0.2) is 71.1 Å². The average molecular weight is 434 g/mol. The number of aromatic nitrogens is 2. The molecule has 0 aliphatic carbocycles. The van der Waals surface area contributed by atoms with Crippen molar-refractivity contribution in [3.05, 3.63) is 93.8 Å². The molecule has 1 unspecified atom stereocenters. The van der Waals surface area contributed by atoms with Gasteiger partial charge in [-0.2, -0.15) is 0 Å². The number of carbonyl (C=O) groups is 1. The zero-order chi connectivity index (χ0) is 21.8. The second-order valence-electron chi connectivity index (χ2n) is 7.35. The van der Waals surface area contributed by atoms with Crippen molar-refractivity contribution in [2.75, 3.05) is 11.9 Å². The zero-order valence-corrected chi connectivity index (χ0v) is 18.0. The summed E-state index contributed by atoms with van der Waals surface area (Å²) in [7, 11) is 0. The number of ether oxygens (including phenoxy) is 1. The van der Waals surface area contributed by atoms with Crippen LogP contribution >= 0.6 is 11.8 Å². The fourth-order valence-corrected chi connectivity index (χ4v) is 4.49. The number of carbonyl (C=O) groups excluding carboxylic acids is 1. The van der Waals surface area contributed by atoms with Crippen molar-refractivity contribution in [3.63, 3.8) is 0 Å². The Balaban J connectivity index is 1.66. The minimum atomic E-state index is -0.433. The molecule has 6 nitrogen and oxygen atoms in total. The van der Waals surface area contributed by atoms with Gasteiger partial charge >= 0.3 is 0 Å². The molecule has 0 radical (unpaired) electrons. The van der Waals surface area contributed by atoms with Gasteiger partial charge in [-0.05, 0) is 18.6 Å². The quantitative estimate of drug-likeness (QED) is 0.328. The van der Waals surface area contributed by atoms with Gasteiger partial charge in [0, 0.05) is 23.7 Å². The first-order chi connectivity index (χ1) is 15.0. The van der Waals surface area contributed by atoms with Gasteiger partial charge < -0.3 is 15.0 Å². The molecule has 0 bridgehead atoms. The van der Waals surface area contributed by atoms with Crippen LogP contribution in [0.3, 0.4) is 0 Å². The van der Waals surface area contributed by atoms with E-state index in [1.54, 1.807) is 6.08 Å². The van der Waals surface area contributed by atoms with E-state index in [1.165, 1.54) is 17.3 Å². The van der Waals surface area contributed by atoms with Crippen molar-refractivity contribution in [2.24, 2.45) is 0 Å². The molecule has 0 saturated carbocycles. The van der Waals surface area contributed by atoms with Gasteiger partial charge in [0.25, 0.3) is 5.56 Å². The van der Waals surface area contributed by atoms with Crippen LogP contribution in [0.2, 0.25) is 0 Å². The largest absolute Gasteiger partial charge is 0.489 e. The molecule has 31 heavy (non-hydrogen) atoms. The molecule has 7 heteroatoms. The van der Waals surface area contributed by atoms with E-state index in [0.29, 0.717) is 34.6 Å². The molecule has 158 valence electrons. The van der Waals surface area contributed by atoms with Gasteiger partial charge in [-0.15, -0.1) is 0 Å². The van der Waals surface area contributed by atoms with Crippen LogP contribution in [0.4, 0.5) is 5.82 Å². The number of para-hydroxylation sites is 1. The normalized spacial score (nSPS) is 15.1. The lowest BCUT2D eigenvalue weighted by Gasteiger charge is -2.26. The highest BCUT2D eigenvalue weighted by molar-refractivity contribution is 7.98. The van der Waals surface area contributed by atoms with Crippen molar-refractivity contribution in [2.45, 2.75) is 30.2 Å². The van der Waals surface area contributed by atoms with Crippen LogP contribution in [0.25, 0.3) is 0 Å². The summed E-state index contributed by atoms with van der Waals surface area (Å²) in [5.41, 5.74) is 3.31. The van der Waals surface area contributed by atoms with Crippen LogP contribution in [0, 0.1) is 6.92 Å². The molecule has 0 saturated heterocycles. The smallest absolute Gasteiger partial charge is 0.257 e. The predicted molar refractivity (Wildman–Crippen MR) is 123 cm³/mol. The van der Waals surface area contributed by atoms with Crippen LogP contribution in [0.5, 0.6) is 5.75 Å². The summed E-state index contributed by atoms with van der Waals surface area (Å²) < 4.78 is 5.76. The SMILES string of the molecule is C=CCOc1ccccc1C1CC(=O)Nc2nc(SCc3cccc(C)c3)[nH]c(=O)c21. The van der Waals surface area contributed by atoms with Gasteiger partial charge in [0.15, 0.2) is 5.16 Å². The van der Waals surface area contributed by atoms with Crippen LogP contribution < -0.4 is 15.6 Å². The Bertz CT molecular complexity index is 1190. The summed E-state index contributed by atoms with van der Waals surface area (Å²) in [5.74, 6) is 1.00. The second-order valence-corrected chi connectivity index (χ2v) is 8.32. The Morgan fingerprint density at radius 3 is 2.87 bits per heavy atom. The molecule has 0 fully saturated rings. The molecule has 2 N–H and O–H groups in total. The fraction of sp³-hybridized carbons (Fsp3) is 0.208. The van der Waals surface area contributed by atoms with Crippen LogP contribution in [0.1, 0.15) is 34.6 Å². The Kier molecular flexibility index (Phi) is 6.23. The molecule has 1 amide bonds. The highest BCUT2D eigenvalue weighted by atomic mass is 32.2. The Morgan fingerprint density at radius 2 is 2.06 bits per heavy atom. The maximum absolute atomic E-state index is 13.0. The molecule has 1 aliphatic rings. The summed E-state index contributed by atoms with van der Waals surface area (Å²) in [6, 6.07) is 15.6. The zero-order valence-electron chi connectivity index (χ0n) is 17.2. The van der Waals surface area contributed by atoms with Crippen molar-refractivity contribution in [1.82, 2.24) is 9.97 Å². The van der Waals surface area contributed by atoms with Gasteiger partial charge in [-0.3, -0.25) is 9.59 Å². The summed E-state index contributed by atoms with van der Waals surface area (Å²) >= 11 is 1.43. The molecule has 3 aromatic rings. The number of anilines is 1. The number of thioether (sulfide) groups is 1. The first-order valence-electron chi connectivity index (χ1n) is 10.00. The third-order valence-electron chi connectivity index (χ3n) is 5.04. The van der Waals surface area contributed by atoms with Crippen LogP contribution in [-0.2, 0) is 10.5 Å². The van der Waals surface area contributed by atoms with Crippen molar-refractivity contribution >= 4 is 23.5 Å². The van der Waals surface area contributed by atoms with E-state index >= 15 is 0 Å². The number of amides is 1. The van der Waals surface area contributed by atoms with Gasteiger partial charge in [0.05, 0.1) is 5.56 Å². The molecule has 2 aromatic carbocycles. The minimum absolute atomic E-state index is 0.155. The van der Waals surface area contributed by atoms with E-state index in [2.05, 4.69) is 27.9 Å². The molecular weight excluding hydrogens is 410 g/mol. The Labute approximate surface area is 184 Å². The lowest BCUT2D eigenvalue weighted by Crippen LogP contribution is -2.31. The van der Waals surface area contributed by atoms with Gasteiger partial charge in [-0.1, -0.05) is 72.4 Å². The number of nitrogens with zero attached hydrogens (tertiary/aromatic N) is 1. The van der Waals surface area contributed by atoms with E-state index in [1.807, 2.05) is 49.4 Å². The number of aromatic amines is 1. The first kappa shape index (κ1) is 20.9. The lowest BCUT2D eigenvalue weighted by molar-refractivity contribution is -0.116. The monoisotopic (exact) mass is 433 g/mol. The summed E-state index contributed by atoms with van der Waals surface area (Å²) in [5, 5.41) is 3.24. The van der Waals surface area contributed by atoms with Crippen molar-refractivity contribution in [1.29, 1.82) is 0 Å². The molecule has 4 rings (SSSR count). The fourth-order valence-electron chi connectivity index (χ4n) is 3.69. The highest BCUT2D eigenvalue weighted by Gasteiger charge is 2.32. The first-order valence-corrected chi connectivity index (χ1v) is 11.0. The maximum atomic E-state index is 13.0. The number of H-pyrrole nitrogens is 1.